The van der Waals surface area contributed by atoms with Crippen molar-refractivity contribution in [2.24, 2.45) is 11.8 Å². The number of nitrogens with one attached hydrogen (secondary N) is 1. The Labute approximate surface area is 222 Å². The third-order valence-corrected chi connectivity index (χ3v) is 11.1. The first-order valence-corrected chi connectivity index (χ1v) is 14.7. The normalized spacial score (nSPS) is 35.4. The number of likely N-dealkylation sites (tertiary alicyclic amines) is 1. The van der Waals surface area contributed by atoms with Gasteiger partial charge in [-0.3, -0.25) is 14.5 Å². The smallest absolute Gasteiger partial charge is 0.261 e. The van der Waals surface area contributed by atoms with Crippen molar-refractivity contribution in [3.63, 3.8) is 0 Å². The Bertz CT molecular complexity index is 1370. The molecule has 3 aliphatic heterocycles. The number of phenolic OH excluding ortho intramolecular Hbond substituents is 1. The molecule has 1 amide bonds. The molecule has 7 heteroatoms. The zero-order chi connectivity index (χ0) is 25.8. The van der Waals surface area contributed by atoms with Crippen molar-refractivity contribution in [3.8, 4) is 5.75 Å². The van der Waals surface area contributed by atoms with Crippen LogP contribution in [0.5, 0.6) is 5.75 Å². The van der Waals surface area contributed by atoms with Gasteiger partial charge in [0.25, 0.3) is 11.5 Å². The fourth-order valence-corrected chi connectivity index (χ4v) is 9.14. The Morgan fingerprint density at radius 1 is 1.05 bits per heavy atom. The summed E-state index contributed by atoms with van der Waals surface area (Å²) in [5.41, 5.74) is 4.56. The second-order valence-electron chi connectivity index (χ2n) is 13.2. The average Bonchev–Trinajstić information content (AvgIpc) is 3.67. The van der Waals surface area contributed by atoms with E-state index in [2.05, 4.69) is 16.0 Å². The quantitative estimate of drug-likeness (QED) is 0.584. The van der Waals surface area contributed by atoms with Crippen LogP contribution in [0.4, 0.5) is 0 Å². The Balaban J connectivity index is 1.18. The van der Waals surface area contributed by atoms with E-state index in [-0.39, 0.29) is 40.6 Å². The second-order valence-corrected chi connectivity index (χ2v) is 13.2. The van der Waals surface area contributed by atoms with Gasteiger partial charge >= 0.3 is 0 Å². The molecule has 6 atom stereocenters. The van der Waals surface area contributed by atoms with E-state index in [0.29, 0.717) is 30.6 Å². The summed E-state index contributed by atoms with van der Waals surface area (Å²) in [6, 6.07) is 8.34. The fourth-order valence-electron chi connectivity index (χ4n) is 9.14. The van der Waals surface area contributed by atoms with Gasteiger partial charge in [0.15, 0.2) is 0 Å². The van der Waals surface area contributed by atoms with Crippen molar-refractivity contribution in [1.29, 1.82) is 0 Å². The summed E-state index contributed by atoms with van der Waals surface area (Å²) < 4.78 is 0. The third kappa shape index (κ3) is 3.40. The highest BCUT2D eigenvalue weighted by Crippen LogP contribution is 2.55. The van der Waals surface area contributed by atoms with Crippen LogP contribution in [0.2, 0.25) is 0 Å². The Hall–Kier alpha value is -2.64. The number of amides is 1. The van der Waals surface area contributed by atoms with Gasteiger partial charge in [-0.15, -0.1) is 0 Å². The van der Waals surface area contributed by atoms with Crippen molar-refractivity contribution in [1.82, 2.24) is 14.8 Å². The largest absolute Gasteiger partial charge is 0.508 e. The molecule has 4 fully saturated rings. The van der Waals surface area contributed by atoms with Gasteiger partial charge in [-0.2, -0.15) is 0 Å². The number of aliphatic hydroxyl groups excluding tert-OH is 1. The molecule has 4 bridgehead atoms. The SMILES string of the molecule is O=C(c1cc2c([nH]c1=O)C[C@]13CCN(CC4CC4)[C@H](Cc4ccc(O)cc41)[C@@H]3C2)N1C2CC[C@@H]1CC(O)C2. The van der Waals surface area contributed by atoms with Crippen molar-refractivity contribution in [2.75, 3.05) is 13.1 Å². The summed E-state index contributed by atoms with van der Waals surface area (Å²) in [4.78, 5) is 34.9. The fraction of sp³-hybridized carbons (Fsp3) is 0.613. The van der Waals surface area contributed by atoms with Crippen molar-refractivity contribution < 1.29 is 15.0 Å². The Morgan fingerprint density at radius 2 is 1.84 bits per heavy atom. The highest BCUT2D eigenvalue weighted by molar-refractivity contribution is 5.95. The summed E-state index contributed by atoms with van der Waals surface area (Å²) in [5, 5.41) is 20.7. The van der Waals surface area contributed by atoms with Crippen LogP contribution in [0.15, 0.2) is 29.1 Å². The lowest BCUT2D eigenvalue weighted by atomic mass is 9.52. The predicted octanol–water partition coefficient (Wildman–Crippen LogP) is 2.90. The van der Waals surface area contributed by atoms with Crippen molar-refractivity contribution in [3.05, 3.63) is 62.6 Å². The van der Waals surface area contributed by atoms with Crippen molar-refractivity contribution in [2.45, 2.75) is 93.9 Å². The molecule has 2 unspecified atom stereocenters. The van der Waals surface area contributed by atoms with Gasteiger partial charge in [-0.1, -0.05) is 6.07 Å². The maximum absolute atomic E-state index is 13.7. The number of phenols is 1. The summed E-state index contributed by atoms with van der Waals surface area (Å²) in [6.07, 6.45) is 9.00. The number of aliphatic hydroxyl groups is 1. The molecule has 3 aliphatic carbocycles. The molecular weight excluding hydrogens is 478 g/mol. The van der Waals surface area contributed by atoms with E-state index in [4.69, 9.17) is 0 Å². The number of carbonyl (C=O) groups is 1. The molecule has 4 heterocycles. The van der Waals surface area contributed by atoms with E-state index >= 15 is 0 Å². The maximum atomic E-state index is 13.7. The number of fused-ring (bicyclic) bond motifs is 4. The van der Waals surface area contributed by atoms with Crippen LogP contribution >= 0.6 is 0 Å². The van der Waals surface area contributed by atoms with Crippen LogP contribution in [-0.4, -0.2) is 68.2 Å². The van der Waals surface area contributed by atoms with E-state index in [1.165, 1.54) is 30.5 Å². The van der Waals surface area contributed by atoms with E-state index in [0.717, 1.165) is 62.2 Å². The number of hydrogen-bond acceptors (Lipinski definition) is 5. The van der Waals surface area contributed by atoms with Crippen molar-refractivity contribution >= 4 is 5.91 Å². The summed E-state index contributed by atoms with van der Waals surface area (Å²) >= 11 is 0. The zero-order valence-electron chi connectivity index (χ0n) is 21.9. The first-order valence-electron chi connectivity index (χ1n) is 14.7. The Kier molecular flexibility index (Phi) is 5.01. The van der Waals surface area contributed by atoms with Gasteiger partial charge in [-0.25, -0.2) is 0 Å². The number of carbonyl (C=O) groups excluding carboxylic acids is 1. The molecule has 1 aromatic heterocycles. The molecule has 0 radical (unpaired) electrons. The lowest BCUT2D eigenvalue weighted by Crippen LogP contribution is -2.63. The number of rotatable bonds is 3. The Morgan fingerprint density at radius 3 is 2.61 bits per heavy atom. The number of piperidine rings is 2. The molecule has 1 saturated carbocycles. The number of benzene rings is 1. The number of aromatic amines is 1. The monoisotopic (exact) mass is 515 g/mol. The van der Waals surface area contributed by atoms with E-state index in [1.54, 1.807) is 0 Å². The molecule has 38 heavy (non-hydrogen) atoms. The van der Waals surface area contributed by atoms with Crippen LogP contribution in [0, 0.1) is 11.8 Å². The minimum absolute atomic E-state index is 0.0350. The van der Waals surface area contributed by atoms with Crippen LogP contribution in [0.25, 0.3) is 0 Å². The first kappa shape index (κ1) is 23.3. The van der Waals surface area contributed by atoms with Gasteiger partial charge in [0, 0.05) is 35.8 Å². The van der Waals surface area contributed by atoms with Crippen LogP contribution < -0.4 is 5.56 Å². The highest BCUT2D eigenvalue weighted by atomic mass is 16.3. The number of pyridine rings is 1. The van der Waals surface area contributed by atoms with Gasteiger partial charge in [0.05, 0.1) is 6.10 Å². The molecule has 3 saturated heterocycles. The molecule has 1 aromatic carbocycles. The van der Waals surface area contributed by atoms with E-state index in [9.17, 15) is 19.8 Å². The molecule has 200 valence electrons. The zero-order valence-corrected chi connectivity index (χ0v) is 21.9. The number of H-pyrrole nitrogens is 1. The number of nitrogens with zero attached hydrogens (tertiary/aromatic N) is 2. The van der Waals surface area contributed by atoms with E-state index < -0.39 is 0 Å². The topological polar surface area (TPSA) is 96.9 Å². The lowest BCUT2D eigenvalue weighted by Gasteiger charge is -2.59. The summed E-state index contributed by atoms with van der Waals surface area (Å²) in [7, 11) is 0. The van der Waals surface area contributed by atoms with Gasteiger partial charge in [-0.05, 0) is 117 Å². The molecule has 3 N–H and O–H groups in total. The number of aromatic nitrogens is 1. The third-order valence-electron chi connectivity index (χ3n) is 11.1. The predicted molar refractivity (Wildman–Crippen MR) is 142 cm³/mol. The van der Waals surface area contributed by atoms with Crippen LogP contribution in [0.3, 0.4) is 0 Å². The lowest BCUT2D eigenvalue weighted by molar-refractivity contribution is 0.00454. The first-order chi connectivity index (χ1) is 18.4. The standard InChI is InChI=1S/C31H37N3O4/c35-22-6-3-18-11-28-26-10-19-9-24(30(38)34-20-4-5-21(34)13-23(36)12-20)29(37)32-27(19)15-31(26,25(18)14-22)7-8-33(28)16-17-1-2-17/h3,6,9,14,17,20-21,23,26,28,35-36H,1-2,4-5,7-8,10-13,15-16H2,(H,32,37)/t20-,21?,23?,26+,28-,31-/m1/s1. The average molecular weight is 516 g/mol. The summed E-state index contributed by atoms with van der Waals surface area (Å²) in [5.74, 6) is 1.38. The maximum Gasteiger partial charge on any atom is 0.261 e. The van der Waals surface area contributed by atoms with Gasteiger partial charge in [0.1, 0.15) is 11.3 Å². The molecule has 2 aromatic rings. The van der Waals surface area contributed by atoms with Gasteiger partial charge in [0.2, 0.25) is 0 Å². The minimum Gasteiger partial charge on any atom is -0.508 e. The molecule has 7 nitrogen and oxygen atoms in total. The number of aromatic hydroxyl groups is 1. The van der Waals surface area contributed by atoms with Crippen LogP contribution in [0.1, 0.15) is 77.7 Å². The molecular formula is C31H37N3O4. The number of hydrogen-bond donors (Lipinski definition) is 3. The molecule has 8 rings (SSSR count). The highest BCUT2D eigenvalue weighted by Gasteiger charge is 2.56. The minimum atomic E-state index is -0.346. The summed E-state index contributed by atoms with van der Waals surface area (Å²) in [6.45, 7) is 2.24. The van der Waals surface area contributed by atoms with Crippen LogP contribution in [-0.2, 0) is 24.7 Å². The van der Waals surface area contributed by atoms with E-state index in [1.807, 2.05) is 23.1 Å². The second kappa shape index (κ2) is 8.18. The molecule has 0 spiro atoms. The molecule has 6 aliphatic rings. The van der Waals surface area contributed by atoms with Gasteiger partial charge < -0.3 is 20.1 Å².